The van der Waals surface area contributed by atoms with Crippen molar-refractivity contribution in [2.45, 2.75) is 13.5 Å². The lowest BCUT2D eigenvalue weighted by Gasteiger charge is -2.15. The average Bonchev–Trinajstić information content (AvgIpc) is 3.24. The zero-order chi connectivity index (χ0) is 17.1. The number of benzene rings is 1. The highest BCUT2D eigenvalue weighted by Gasteiger charge is 2.18. The number of aromatic nitrogens is 2. The molecule has 0 unspecified atom stereocenters. The molecule has 0 aliphatic heterocycles. The van der Waals surface area contributed by atoms with Gasteiger partial charge in [0.05, 0.1) is 13.3 Å². The van der Waals surface area contributed by atoms with Crippen molar-refractivity contribution in [2.75, 3.05) is 14.2 Å². The molecular formula is C18H19N3O3. The predicted molar refractivity (Wildman–Crippen MR) is 89.8 cm³/mol. The number of furan rings is 1. The lowest BCUT2D eigenvalue weighted by Crippen LogP contribution is -2.25. The van der Waals surface area contributed by atoms with Gasteiger partial charge in [-0.3, -0.25) is 9.89 Å². The molecule has 24 heavy (non-hydrogen) atoms. The molecule has 0 spiro atoms. The van der Waals surface area contributed by atoms with Crippen LogP contribution >= 0.6 is 0 Å². The van der Waals surface area contributed by atoms with E-state index in [0.717, 1.165) is 22.6 Å². The van der Waals surface area contributed by atoms with Gasteiger partial charge in [0.2, 0.25) is 0 Å². The molecule has 6 heteroatoms. The highest BCUT2D eigenvalue weighted by atomic mass is 16.5. The summed E-state index contributed by atoms with van der Waals surface area (Å²) >= 11 is 0. The molecule has 1 amide bonds. The summed E-state index contributed by atoms with van der Waals surface area (Å²) in [5.74, 6) is 1.56. The molecule has 0 aliphatic carbocycles. The predicted octanol–water partition coefficient (Wildman–Crippen LogP) is 3.26. The van der Waals surface area contributed by atoms with E-state index < -0.39 is 0 Å². The SMILES string of the molecule is COc1ccc(-c2ccc(C(=O)N(C)Cc3cn[nH]c3C)o2)cc1. The summed E-state index contributed by atoms with van der Waals surface area (Å²) in [4.78, 5) is 14.1. The normalized spacial score (nSPS) is 10.6. The van der Waals surface area contributed by atoms with Crippen molar-refractivity contribution in [2.24, 2.45) is 0 Å². The molecule has 0 bridgehead atoms. The molecule has 2 aromatic heterocycles. The minimum atomic E-state index is -0.171. The van der Waals surface area contributed by atoms with E-state index in [4.69, 9.17) is 9.15 Å². The maximum atomic E-state index is 12.5. The molecule has 124 valence electrons. The first-order valence-corrected chi connectivity index (χ1v) is 7.57. The number of aryl methyl sites for hydroxylation is 1. The number of hydrogen-bond acceptors (Lipinski definition) is 4. The molecule has 1 aromatic carbocycles. The van der Waals surface area contributed by atoms with E-state index in [1.807, 2.05) is 31.2 Å². The van der Waals surface area contributed by atoms with Crippen molar-refractivity contribution >= 4 is 5.91 Å². The number of aromatic amines is 1. The van der Waals surface area contributed by atoms with E-state index in [9.17, 15) is 4.79 Å². The van der Waals surface area contributed by atoms with Gasteiger partial charge in [-0.1, -0.05) is 0 Å². The van der Waals surface area contributed by atoms with Crippen molar-refractivity contribution < 1.29 is 13.9 Å². The van der Waals surface area contributed by atoms with E-state index in [0.29, 0.717) is 18.1 Å². The van der Waals surface area contributed by atoms with Gasteiger partial charge >= 0.3 is 0 Å². The smallest absolute Gasteiger partial charge is 0.289 e. The maximum absolute atomic E-state index is 12.5. The molecular weight excluding hydrogens is 306 g/mol. The lowest BCUT2D eigenvalue weighted by atomic mass is 10.2. The van der Waals surface area contributed by atoms with Crippen molar-refractivity contribution in [3.63, 3.8) is 0 Å². The van der Waals surface area contributed by atoms with Crippen LogP contribution in [0, 0.1) is 6.92 Å². The Morgan fingerprint density at radius 1 is 1.25 bits per heavy atom. The Morgan fingerprint density at radius 3 is 2.62 bits per heavy atom. The summed E-state index contributed by atoms with van der Waals surface area (Å²) in [5, 5.41) is 6.83. The van der Waals surface area contributed by atoms with E-state index in [-0.39, 0.29) is 5.91 Å². The highest BCUT2D eigenvalue weighted by Crippen LogP contribution is 2.25. The van der Waals surface area contributed by atoms with Gasteiger partial charge in [0, 0.05) is 30.4 Å². The van der Waals surface area contributed by atoms with Crippen LogP contribution in [-0.4, -0.2) is 35.2 Å². The number of hydrogen-bond donors (Lipinski definition) is 1. The summed E-state index contributed by atoms with van der Waals surface area (Å²) in [5.41, 5.74) is 2.82. The van der Waals surface area contributed by atoms with Gasteiger partial charge in [-0.05, 0) is 43.3 Å². The highest BCUT2D eigenvalue weighted by molar-refractivity contribution is 5.91. The molecule has 0 aliphatic rings. The Labute approximate surface area is 140 Å². The fraction of sp³-hybridized carbons (Fsp3) is 0.222. The quantitative estimate of drug-likeness (QED) is 0.781. The number of carbonyl (C=O) groups excluding carboxylic acids is 1. The van der Waals surface area contributed by atoms with Crippen LogP contribution in [0.3, 0.4) is 0 Å². The summed E-state index contributed by atoms with van der Waals surface area (Å²) in [6.45, 7) is 2.40. The molecule has 0 saturated carbocycles. The Hall–Kier alpha value is -3.02. The number of ether oxygens (including phenoxy) is 1. The number of H-pyrrole nitrogens is 1. The Bertz CT molecular complexity index is 833. The number of rotatable bonds is 5. The van der Waals surface area contributed by atoms with E-state index in [2.05, 4.69) is 10.2 Å². The van der Waals surface area contributed by atoms with Gasteiger partial charge in [0.15, 0.2) is 5.76 Å². The van der Waals surface area contributed by atoms with Crippen LogP contribution in [0.15, 0.2) is 47.0 Å². The fourth-order valence-electron chi connectivity index (χ4n) is 2.41. The molecule has 6 nitrogen and oxygen atoms in total. The summed E-state index contributed by atoms with van der Waals surface area (Å²) < 4.78 is 10.9. The zero-order valence-electron chi connectivity index (χ0n) is 13.9. The van der Waals surface area contributed by atoms with Crippen LogP contribution in [0.1, 0.15) is 21.8 Å². The van der Waals surface area contributed by atoms with E-state index in [1.54, 1.807) is 37.4 Å². The molecule has 3 rings (SSSR count). The van der Waals surface area contributed by atoms with Crippen molar-refractivity contribution in [1.82, 2.24) is 15.1 Å². The fourth-order valence-corrected chi connectivity index (χ4v) is 2.41. The number of nitrogens with one attached hydrogen (secondary N) is 1. The Kier molecular flexibility index (Phi) is 4.37. The second-order valence-corrected chi connectivity index (χ2v) is 5.57. The first-order valence-electron chi connectivity index (χ1n) is 7.57. The summed E-state index contributed by atoms with van der Waals surface area (Å²) in [7, 11) is 3.36. The lowest BCUT2D eigenvalue weighted by molar-refractivity contribution is 0.0754. The molecule has 1 N–H and O–H groups in total. The topological polar surface area (TPSA) is 71.4 Å². The van der Waals surface area contributed by atoms with Gasteiger partial charge in [0.1, 0.15) is 11.5 Å². The third kappa shape index (κ3) is 3.17. The Balaban J connectivity index is 1.74. The molecule has 0 fully saturated rings. The van der Waals surface area contributed by atoms with Gasteiger partial charge in [0.25, 0.3) is 5.91 Å². The first kappa shape index (κ1) is 15.9. The van der Waals surface area contributed by atoms with Crippen molar-refractivity contribution in [3.05, 3.63) is 59.6 Å². The minimum Gasteiger partial charge on any atom is -0.497 e. The number of methoxy groups -OCH3 is 1. The van der Waals surface area contributed by atoms with E-state index >= 15 is 0 Å². The first-order chi connectivity index (χ1) is 11.6. The summed E-state index contributed by atoms with van der Waals surface area (Å²) in [6, 6.07) is 11.0. The third-order valence-corrected chi connectivity index (χ3v) is 3.88. The molecule has 2 heterocycles. The molecule has 0 saturated heterocycles. The molecule has 0 radical (unpaired) electrons. The largest absolute Gasteiger partial charge is 0.497 e. The second kappa shape index (κ2) is 6.62. The maximum Gasteiger partial charge on any atom is 0.289 e. The van der Waals surface area contributed by atoms with Crippen molar-refractivity contribution in [1.29, 1.82) is 0 Å². The van der Waals surface area contributed by atoms with Crippen LogP contribution in [0.25, 0.3) is 11.3 Å². The number of amides is 1. The standard InChI is InChI=1S/C18H19N3O3/c1-12-14(10-19-20-12)11-21(2)18(22)17-9-8-16(24-17)13-4-6-15(23-3)7-5-13/h4-10H,11H2,1-3H3,(H,19,20). The number of nitrogens with zero attached hydrogens (tertiary/aromatic N) is 2. The minimum absolute atomic E-state index is 0.171. The summed E-state index contributed by atoms with van der Waals surface area (Å²) in [6.07, 6.45) is 1.73. The average molecular weight is 325 g/mol. The van der Waals surface area contributed by atoms with Crippen LogP contribution < -0.4 is 4.74 Å². The molecule has 3 aromatic rings. The molecule has 0 atom stereocenters. The van der Waals surface area contributed by atoms with Crippen LogP contribution in [0.5, 0.6) is 5.75 Å². The van der Waals surface area contributed by atoms with Gasteiger partial charge in [-0.2, -0.15) is 5.10 Å². The number of carbonyl (C=O) groups is 1. The van der Waals surface area contributed by atoms with Crippen LogP contribution in [0.2, 0.25) is 0 Å². The van der Waals surface area contributed by atoms with Gasteiger partial charge in [-0.15, -0.1) is 0 Å². The zero-order valence-corrected chi connectivity index (χ0v) is 13.9. The van der Waals surface area contributed by atoms with Crippen LogP contribution in [0.4, 0.5) is 0 Å². The van der Waals surface area contributed by atoms with Crippen molar-refractivity contribution in [3.8, 4) is 17.1 Å². The monoisotopic (exact) mass is 325 g/mol. The van der Waals surface area contributed by atoms with E-state index in [1.165, 1.54) is 0 Å². The van der Waals surface area contributed by atoms with Gasteiger partial charge < -0.3 is 14.1 Å². The van der Waals surface area contributed by atoms with Crippen LogP contribution in [-0.2, 0) is 6.54 Å². The second-order valence-electron chi connectivity index (χ2n) is 5.57. The Morgan fingerprint density at radius 2 is 2.00 bits per heavy atom. The van der Waals surface area contributed by atoms with Gasteiger partial charge in [-0.25, -0.2) is 0 Å². The third-order valence-electron chi connectivity index (χ3n) is 3.88.